The average Bonchev–Trinajstić information content (AvgIpc) is 2.66. The number of aryl methyl sites for hydroxylation is 2. The average molecular weight is 266 g/mol. The molecule has 0 saturated carbocycles. The minimum atomic E-state index is 0.604. The van der Waals surface area contributed by atoms with E-state index >= 15 is 0 Å². The van der Waals surface area contributed by atoms with Gasteiger partial charge in [0.15, 0.2) is 0 Å². The third-order valence-electron chi connectivity index (χ3n) is 4.29. The molecular weight excluding hydrogens is 240 g/mol. The van der Waals surface area contributed by atoms with Crippen molar-refractivity contribution in [1.29, 1.82) is 0 Å². The monoisotopic (exact) mass is 266 g/mol. The number of nitrogens with two attached hydrogens (primary N) is 1. The molecule has 0 spiro atoms. The van der Waals surface area contributed by atoms with Crippen LogP contribution < -0.4 is 10.5 Å². The van der Waals surface area contributed by atoms with Crippen LogP contribution in [0.3, 0.4) is 0 Å². The van der Waals surface area contributed by atoms with Crippen LogP contribution in [0.1, 0.15) is 31.0 Å². The molecule has 2 unspecified atom stereocenters. The minimum Gasteiger partial charge on any atom is -0.481 e. The van der Waals surface area contributed by atoms with Gasteiger partial charge >= 0.3 is 0 Å². The summed E-state index contributed by atoms with van der Waals surface area (Å²) in [5.74, 6) is 1.50. The fourth-order valence-corrected chi connectivity index (χ4v) is 3.00. The van der Waals surface area contributed by atoms with Crippen molar-refractivity contribution >= 4 is 0 Å². The van der Waals surface area contributed by atoms with E-state index in [1.807, 2.05) is 18.7 Å². The molecule has 0 aliphatic carbocycles. The first-order chi connectivity index (χ1) is 9.06. The van der Waals surface area contributed by atoms with Gasteiger partial charge in [-0.25, -0.2) is 4.68 Å². The van der Waals surface area contributed by atoms with Gasteiger partial charge in [0.1, 0.15) is 0 Å². The van der Waals surface area contributed by atoms with Crippen LogP contribution in [-0.4, -0.2) is 40.9 Å². The van der Waals surface area contributed by atoms with Crippen LogP contribution in [0.5, 0.6) is 5.88 Å². The van der Waals surface area contributed by atoms with Crippen LogP contribution in [-0.2, 0) is 13.6 Å². The van der Waals surface area contributed by atoms with E-state index in [1.165, 1.54) is 18.4 Å². The lowest BCUT2D eigenvalue weighted by Gasteiger charge is -2.37. The summed E-state index contributed by atoms with van der Waals surface area (Å²) in [6, 6.07) is 0.604. The van der Waals surface area contributed by atoms with E-state index in [2.05, 4.69) is 16.9 Å². The van der Waals surface area contributed by atoms with E-state index in [-0.39, 0.29) is 0 Å². The molecule has 5 nitrogen and oxygen atoms in total. The zero-order chi connectivity index (χ0) is 14.0. The molecular formula is C14H26N4O. The first kappa shape index (κ1) is 14.3. The highest BCUT2D eigenvalue weighted by Gasteiger charge is 2.27. The summed E-state index contributed by atoms with van der Waals surface area (Å²) >= 11 is 0. The number of aromatic nitrogens is 2. The van der Waals surface area contributed by atoms with E-state index in [9.17, 15) is 0 Å². The zero-order valence-electron chi connectivity index (χ0n) is 12.5. The number of rotatable bonds is 4. The lowest BCUT2D eigenvalue weighted by molar-refractivity contribution is 0.112. The standard InChI is InChI=1S/C14H26N4O/c1-10-5-6-12(7-15)8-18(10)9-13-11(2)16-17(3)14(13)19-4/h10,12H,5-9,15H2,1-4H3. The Balaban J connectivity index is 2.15. The lowest BCUT2D eigenvalue weighted by atomic mass is 9.93. The van der Waals surface area contributed by atoms with Gasteiger partial charge in [-0.05, 0) is 39.2 Å². The van der Waals surface area contributed by atoms with Gasteiger partial charge in [-0.15, -0.1) is 0 Å². The maximum atomic E-state index is 5.83. The second-order valence-corrected chi connectivity index (χ2v) is 5.65. The molecule has 1 aliphatic heterocycles. The molecule has 1 aliphatic rings. The van der Waals surface area contributed by atoms with Crippen molar-refractivity contribution in [1.82, 2.24) is 14.7 Å². The summed E-state index contributed by atoms with van der Waals surface area (Å²) < 4.78 is 7.30. The SMILES string of the molecule is COc1c(CN2CC(CN)CCC2C)c(C)nn1C. The molecule has 2 rings (SSSR count). The minimum absolute atomic E-state index is 0.604. The fourth-order valence-electron chi connectivity index (χ4n) is 3.00. The fraction of sp³-hybridized carbons (Fsp3) is 0.786. The number of piperidine rings is 1. The summed E-state index contributed by atoms with van der Waals surface area (Å²) in [5.41, 5.74) is 8.09. The molecule has 1 saturated heterocycles. The third-order valence-corrected chi connectivity index (χ3v) is 4.29. The molecule has 0 aromatic carbocycles. The summed E-state index contributed by atoms with van der Waals surface area (Å²) in [7, 11) is 3.64. The normalized spacial score (nSPS) is 24.7. The topological polar surface area (TPSA) is 56.3 Å². The smallest absolute Gasteiger partial charge is 0.216 e. The molecule has 2 heterocycles. The summed E-state index contributed by atoms with van der Waals surface area (Å²) in [6.45, 7) is 7.11. The van der Waals surface area contributed by atoms with Gasteiger partial charge in [0.25, 0.3) is 0 Å². The quantitative estimate of drug-likeness (QED) is 0.892. The Bertz CT molecular complexity index is 429. The van der Waals surface area contributed by atoms with Crippen LogP contribution in [0.15, 0.2) is 0 Å². The molecule has 5 heteroatoms. The van der Waals surface area contributed by atoms with Crippen molar-refractivity contribution in [2.75, 3.05) is 20.2 Å². The Hall–Kier alpha value is -1.07. The zero-order valence-corrected chi connectivity index (χ0v) is 12.5. The summed E-state index contributed by atoms with van der Waals surface area (Å²) in [6.07, 6.45) is 2.47. The van der Waals surface area contributed by atoms with E-state index in [4.69, 9.17) is 10.5 Å². The van der Waals surface area contributed by atoms with E-state index in [0.717, 1.165) is 31.2 Å². The van der Waals surface area contributed by atoms with Crippen molar-refractivity contribution in [2.24, 2.45) is 18.7 Å². The lowest BCUT2D eigenvalue weighted by Crippen LogP contribution is -2.43. The predicted octanol–water partition coefficient (Wildman–Crippen LogP) is 1.30. The first-order valence-electron chi connectivity index (χ1n) is 7.07. The van der Waals surface area contributed by atoms with Crippen molar-refractivity contribution in [3.05, 3.63) is 11.3 Å². The molecule has 2 N–H and O–H groups in total. The Labute approximate surface area is 115 Å². The molecule has 0 radical (unpaired) electrons. The largest absolute Gasteiger partial charge is 0.481 e. The summed E-state index contributed by atoms with van der Waals surface area (Å²) in [5, 5.41) is 4.45. The Morgan fingerprint density at radius 1 is 1.42 bits per heavy atom. The second kappa shape index (κ2) is 5.92. The molecule has 0 amide bonds. The number of methoxy groups -OCH3 is 1. The van der Waals surface area contributed by atoms with E-state index in [1.54, 1.807) is 7.11 Å². The molecule has 0 bridgehead atoms. The maximum Gasteiger partial charge on any atom is 0.216 e. The first-order valence-corrected chi connectivity index (χ1v) is 7.07. The van der Waals surface area contributed by atoms with Gasteiger partial charge in [0, 0.05) is 26.2 Å². The van der Waals surface area contributed by atoms with Gasteiger partial charge in [-0.3, -0.25) is 4.90 Å². The maximum absolute atomic E-state index is 5.83. The molecule has 1 fully saturated rings. The molecule has 1 aromatic heterocycles. The molecule has 1 aromatic rings. The number of ether oxygens (including phenoxy) is 1. The number of likely N-dealkylation sites (tertiary alicyclic amines) is 1. The Morgan fingerprint density at radius 2 is 2.16 bits per heavy atom. The van der Waals surface area contributed by atoms with Crippen molar-refractivity contribution in [3.63, 3.8) is 0 Å². The number of hydrogen-bond acceptors (Lipinski definition) is 4. The summed E-state index contributed by atoms with van der Waals surface area (Å²) in [4.78, 5) is 2.51. The number of hydrogen-bond donors (Lipinski definition) is 1. The van der Waals surface area contributed by atoms with Crippen LogP contribution >= 0.6 is 0 Å². The Morgan fingerprint density at radius 3 is 2.79 bits per heavy atom. The van der Waals surface area contributed by atoms with Crippen LogP contribution in [0.25, 0.3) is 0 Å². The van der Waals surface area contributed by atoms with Gasteiger partial charge in [-0.1, -0.05) is 0 Å². The van der Waals surface area contributed by atoms with Gasteiger partial charge < -0.3 is 10.5 Å². The molecule has 2 atom stereocenters. The van der Waals surface area contributed by atoms with Crippen molar-refractivity contribution < 1.29 is 4.74 Å². The molecule has 19 heavy (non-hydrogen) atoms. The van der Waals surface area contributed by atoms with Crippen molar-refractivity contribution in [2.45, 2.75) is 39.3 Å². The highest BCUT2D eigenvalue weighted by molar-refractivity contribution is 5.30. The molecule has 108 valence electrons. The van der Waals surface area contributed by atoms with Gasteiger partial charge in [-0.2, -0.15) is 5.10 Å². The van der Waals surface area contributed by atoms with Crippen LogP contribution in [0.2, 0.25) is 0 Å². The van der Waals surface area contributed by atoms with E-state index < -0.39 is 0 Å². The third kappa shape index (κ3) is 2.92. The van der Waals surface area contributed by atoms with Crippen molar-refractivity contribution in [3.8, 4) is 5.88 Å². The van der Waals surface area contributed by atoms with Gasteiger partial charge in [0.2, 0.25) is 5.88 Å². The highest BCUT2D eigenvalue weighted by Crippen LogP contribution is 2.27. The highest BCUT2D eigenvalue weighted by atomic mass is 16.5. The van der Waals surface area contributed by atoms with E-state index in [0.29, 0.717) is 12.0 Å². The predicted molar refractivity (Wildman–Crippen MR) is 76.1 cm³/mol. The van der Waals surface area contributed by atoms with Crippen LogP contribution in [0, 0.1) is 12.8 Å². The number of nitrogens with zero attached hydrogens (tertiary/aromatic N) is 3. The van der Waals surface area contributed by atoms with Gasteiger partial charge in [0.05, 0.1) is 18.4 Å². The Kier molecular flexibility index (Phi) is 4.47. The second-order valence-electron chi connectivity index (χ2n) is 5.65. The van der Waals surface area contributed by atoms with Crippen LogP contribution in [0.4, 0.5) is 0 Å².